The van der Waals surface area contributed by atoms with Crippen LogP contribution in [0.1, 0.15) is 45.1 Å². The van der Waals surface area contributed by atoms with Crippen molar-refractivity contribution in [2.45, 2.75) is 39.0 Å². The smallest absolute Gasteiger partial charge is 0.268 e. The van der Waals surface area contributed by atoms with Gasteiger partial charge >= 0.3 is 0 Å². The lowest BCUT2D eigenvalue weighted by Crippen LogP contribution is -2.13. The molecule has 1 amide bonds. The van der Waals surface area contributed by atoms with Gasteiger partial charge in [0.05, 0.1) is 4.88 Å². The zero-order valence-corrected chi connectivity index (χ0v) is 13.4. The van der Waals surface area contributed by atoms with Gasteiger partial charge in [0.2, 0.25) is 5.95 Å². The summed E-state index contributed by atoms with van der Waals surface area (Å²) in [6.45, 7) is 1.82. The number of halogens is 1. The predicted molar refractivity (Wildman–Crippen MR) is 85.3 cm³/mol. The highest BCUT2D eigenvalue weighted by Gasteiger charge is 2.17. The molecule has 110 valence electrons. The molecule has 0 saturated carbocycles. The van der Waals surface area contributed by atoms with Crippen LogP contribution in [0.5, 0.6) is 0 Å². The standard InChI is InChI=1S/C15H16ClN3OS/c1-9-7-13(16)18-15(17-9)19-14(20)12-8-10-5-3-2-4-6-11(10)21-12/h7-8H,2-6H2,1H3,(H,17,18,19,20). The van der Waals surface area contributed by atoms with E-state index < -0.39 is 0 Å². The van der Waals surface area contributed by atoms with Crippen molar-refractivity contribution in [3.8, 4) is 0 Å². The van der Waals surface area contributed by atoms with E-state index in [9.17, 15) is 4.79 Å². The fourth-order valence-corrected chi connectivity index (χ4v) is 3.92. The number of aromatic nitrogens is 2. The molecule has 0 bridgehead atoms. The third-order valence-electron chi connectivity index (χ3n) is 3.52. The van der Waals surface area contributed by atoms with Crippen LogP contribution >= 0.6 is 22.9 Å². The van der Waals surface area contributed by atoms with Crippen molar-refractivity contribution in [3.05, 3.63) is 38.3 Å². The number of carbonyl (C=O) groups is 1. The molecule has 0 fully saturated rings. The second kappa shape index (κ2) is 6.12. The van der Waals surface area contributed by atoms with Crippen LogP contribution in [0.15, 0.2) is 12.1 Å². The van der Waals surface area contributed by atoms with Gasteiger partial charge in [0.25, 0.3) is 5.91 Å². The number of hydrogen-bond donors (Lipinski definition) is 1. The fraction of sp³-hybridized carbons (Fsp3) is 0.400. The van der Waals surface area contributed by atoms with E-state index in [1.807, 2.05) is 13.0 Å². The van der Waals surface area contributed by atoms with Crippen LogP contribution in [0.4, 0.5) is 5.95 Å². The zero-order valence-electron chi connectivity index (χ0n) is 11.8. The minimum Gasteiger partial charge on any atom is -0.290 e. The summed E-state index contributed by atoms with van der Waals surface area (Å²) >= 11 is 7.46. The van der Waals surface area contributed by atoms with Crippen molar-refractivity contribution in [2.75, 3.05) is 5.32 Å². The number of nitrogens with zero attached hydrogens (tertiary/aromatic N) is 2. The first-order valence-corrected chi connectivity index (χ1v) is 8.25. The molecular weight excluding hydrogens is 306 g/mol. The summed E-state index contributed by atoms with van der Waals surface area (Å²) in [4.78, 5) is 22.6. The van der Waals surface area contributed by atoms with Crippen LogP contribution < -0.4 is 5.32 Å². The zero-order chi connectivity index (χ0) is 14.8. The molecular formula is C15H16ClN3OS. The van der Waals surface area contributed by atoms with Gasteiger partial charge in [0, 0.05) is 10.6 Å². The molecule has 2 aromatic heterocycles. The van der Waals surface area contributed by atoms with Crippen LogP contribution in [0.2, 0.25) is 5.15 Å². The second-order valence-electron chi connectivity index (χ2n) is 5.23. The third kappa shape index (κ3) is 3.41. The number of anilines is 1. The highest BCUT2D eigenvalue weighted by molar-refractivity contribution is 7.14. The van der Waals surface area contributed by atoms with E-state index in [0.29, 0.717) is 5.15 Å². The molecule has 3 rings (SSSR count). The Morgan fingerprint density at radius 1 is 1.24 bits per heavy atom. The monoisotopic (exact) mass is 321 g/mol. The predicted octanol–water partition coefficient (Wildman–Crippen LogP) is 4.02. The van der Waals surface area contributed by atoms with Gasteiger partial charge in [-0.25, -0.2) is 9.97 Å². The maximum Gasteiger partial charge on any atom is 0.268 e. The quantitative estimate of drug-likeness (QED) is 0.671. The molecule has 0 saturated heterocycles. The number of amides is 1. The molecule has 1 N–H and O–H groups in total. The van der Waals surface area contributed by atoms with E-state index in [0.717, 1.165) is 23.4 Å². The normalized spacial score (nSPS) is 14.4. The van der Waals surface area contributed by atoms with Crippen LogP contribution in [-0.2, 0) is 12.8 Å². The van der Waals surface area contributed by atoms with Crippen molar-refractivity contribution < 1.29 is 4.79 Å². The van der Waals surface area contributed by atoms with E-state index in [2.05, 4.69) is 15.3 Å². The number of hydrogen-bond acceptors (Lipinski definition) is 4. The average Bonchev–Trinajstić information content (AvgIpc) is 2.69. The van der Waals surface area contributed by atoms with E-state index in [-0.39, 0.29) is 11.9 Å². The Kier molecular flexibility index (Phi) is 4.22. The number of thiophene rings is 1. The van der Waals surface area contributed by atoms with Crippen molar-refractivity contribution in [1.29, 1.82) is 0 Å². The van der Waals surface area contributed by atoms with Gasteiger partial charge in [0.1, 0.15) is 5.15 Å². The molecule has 0 unspecified atom stereocenters. The number of fused-ring (bicyclic) bond motifs is 1. The molecule has 4 nitrogen and oxygen atoms in total. The van der Waals surface area contributed by atoms with Gasteiger partial charge < -0.3 is 0 Å². The van der Waals surface area contributed by atoms with E-state index in [4.69, 9.17) is 11.6 Å². The van der Waals surface area contributed by atoms with Gasteiger partial charge in [-0.1, -0.05) is 18.0 Å². The molecule has 0 aliphatic heterocycles. The maximum absolute atomic E-state index is 12.3. The van der Waals surface area contributed by atoms with E-state index in [1.165, 1.54) is 29.7 Å². The number of aryl methyl sites for hydroxylation is 3. The lowest BCUT2D eigenvalue weighted by molar-refractivity contribution is 0.102. The number of rotatable bonds is 2. The van der Waals surface area contributed by atoms with Gasteiger partial charge in [-0.3, -0.25) is 10.1 Å². The molecule has 2 aromatic rings. The fourth-order valence-electron chi connectivity index (χ4n) is 2.53. The highest BCUT2D eigenvalue weighted by Crippen LogP contribution is 2.29. The highest BCUT2D eigenvalue weighted by atomic mass is 35.5. The summed E-state index contributed by atoms with van der Waals surface area (Å²) in [6.07, 6.45) is 5.86. The first kappa shape index (κ1) is 14.5. The minimum atomic E-state index is -0.158. The third-order valence-corrected chi connectivity index (χ3v) is 4.95. The van der Waals surface area contributed by atoms with Gasteiger partial charge in [0.15, 0.2) is 0 Å². The molecule has 21 heavy (non-hydrogen) atoms. The Labute approximate surface area is 132 Å². The Morgan fingerprint density at radius 3 is 2.86 bits per heavy atom. The van der Waals surface area contributed by atoms with Crippen LogP contribution in [0, 0.1) is 6.92 Å². The second-order valence-corrected chi connectivity index (χ2v) is 6.75. The molecule has 2 heterocycles. The Balaban J connectivity index is 1.79. The summed E-state index contributed by atoms with van der Waals surface area (Å²) in [5.41, 5.74) is 2.05. The van der Waals surface area contributed by atoms with E-state index >= 15 is 0 Å². The summed E-state index contributed by atoms with van der Waals surface area (Å²) in [5, 5.41) is 3.06. The van der Waals surface area contributed by atoms with Crippen molar-refractivity contribution >= 4 is 34.8 Å². The van der Waals surface area contributed by atoms with Gasteiger partial charge in [-0.2, -0.15) is 0 Å². The molecule has 6 heteroatoms. The molecule has 0 spiro atoms. The van der Waals surface area contributed by atoms with Crippen LogP contribution in [-0.4, -0.2) is 15.9 Å². The van der Waals surface area contributed by atoms with Crippen LogP contribution in [0.25, 0.3) is 0 Å². The lowest BCUT2D eigenvalue weighted by atomic mass is 10.1. The molecule has 0 aromatic carbocycles. The van der Waals surface area contributed by atoms with Crippen molar-refractivity contribution in [1.82, 2.24) is 9.97 Å². The molecule has 0 atom stereocenters. The lowest BCUT2D eigenvalue weighted by Gasteiger charge is -2.03. The number of carbonyl (C=O) groups excluding carboxylic acids is 1. The van der Waals surface area contributed by atoms with E-state index in [1.54, 1.807) is 17.4 Å². The Hall–Kier alpha value is -1.46. The topological polar surface area (TPSA) is 54.9 Å². The van der Waals surface area contributed by atoms with Crippen molar-refractivity contribution in [3.63, 3.8) is 0 Å². The summed E-state index contributed by atoms with van der Waals surface area (Å²) in [6, 6.07) is 3.67. The van der Waals surface area contributed by atoms with Gasteiger partial charge in [-0.05, 0) is 50.3 Å². The maximum atomic E-state index is 12.3. The SMILES string of the molecule is Cc1cc(Cl)nc(NC(=O)c2cc3c(s2)CCCCC3)n1. The first-order valence-electron chi connectivity index (χ1n) is 7.06. The first-order chi connectivity index (χ1) is 10.1. The Morgan fingerprint density at radius 2 is 2.05 bits per heavy atom. The van der Waals surface area contributed by atoms with Crippen molar-refractivity contribution in [2.24, 2.45) is 0 Å². The molecule has 1 aliphatic carbocycles. The number of nitrogens with one attached hydrogen (secondary N) is 1. The van der Waals surface area contributed by atoms with Crippen LogP contribution in [0.3, 0.4) is 0 Å². The Bertz CT molecular complexity index is 640. The largest absolute Gasteiger partial charge is 0.290 e. The summed E-state index contributed by atoms with van der Waals surface area (Å²) in [7, 11) is 0. The summed E-state index contributed by atoms with van der Waals surface area (Å²) < 4.78 is 0. The molecule has 0 radical (unpaired) electrons. The summed E-state index contributed by atoms with van der Waals surface area (Å²) in [5.74, 6) is 0.100. The molecule has 1 aliphatic rings. The minimum absolute atomic E-state index is 0.158. The average molecular weight is 322 g/mol. The van der Waals surface area contributed by atoms with Gasteiger partial charge in [-0.15, -0.1) is 11.3 Å².